The van der Waals surface area contributed by atoms with Crippen LogP contribution in [0, 0.1) is 5.82 Å². The van der Waals surface area contributed by atoms with Gasteiger partial charge in [0.05, 0.1) is 29.8 Å². The molecule has 42 heavy (non-hydrogen) atoms. The van der Waals surface area contributed by atoms with Gasteiger partial charge in [0.1, 0.15) is 17.5 Å². The molecule has 0 unspecified atom stereocenters. The van der Waals surface area contributed by atoms with Crippen molar-refractivity contribution in [2.24, 2.45) is 0 Å². The number of likely N-dealkylation sites (tertiary alicyclic amines) is 1. The molecular formula is C33H45FN8. The van der Waals surface area contributed by atoms with Crippen LogP contribution in [0.5, 0.6) is 0 Å². The summed E-state index contributed by atoms with van der Waals surface area (Å²) in [6.45, 7) is 15.5. The molecule has 224 valence electrons. The fourth-order valence-corrected chi connectivity index (χ4v) is 5.60. The Morgan fingerprint density at radius 1 is 0.905 bits per heavy atom. The largest absolute Gasteiger partial charge is 0.342 e. The van der Waals surface area contributed by atoms with Crippen LogP contribution in [0.4, 0.5) is 4.39 Å². The Hall–Kier alpha value is -3.43. The van der Waals surface area contributed by atoms with Gasteiger partial charge in [-0.1, -0.05) is 6.07 Å². The summed E-state index contributed by atoms with van der Waals surface area (Å²) in [6.07, 6.45) is 12.4. The Morgan fingerprint density at radius 3 is 2.33 bits per heavy atom. The van der Waals surface area contributed by atoms with Crippen molar-refractivity contribution in [2.75, 3.05) is 20.1 Å². The fraction of sp³-hybridized carbons (Fsp3) is 0.515. The Bertz CT molecular complexity index is 1470. The number of benzene rings is 1. The molecule has 0 bridgehead atoms. The van der Waals surface area contributed by atoms with E-state index in [0.717, 1.165) is 68.1 Å². The second-order valence-corrected chi connectivity index (χ2v) is 13.5. The summed E-state index contributed by atoms with van der Waals surface area (Å²) in [7, 11) is 2.17. The minimum absolute atomic E-state index is 0.0551. The Labute approximate surface area is 249 Å². The predicted molar refractivity (Wildman–Crippen MR) is 166 cm³/mol. The average Bonchev–Trinajstić information content (AvgIpc) is 3.71. The third-order valence-electron chi connectivity index (χ3n) is 8.44. The van der Waals surface area contributed by atoms with Crippen LogP contribution in [0.2, 0.25) is 0 Å². The first-order valence-electron chi connectivity index (χ1n) is 15.1. The van der Waals surface area contributed by atoms with Gasteiger partial charge in [-0.2, -0.15) is 0 Å². The molecule has 1 aromatic carbocycles. The lowest BCUT2D eigenvalue weighted by atomic mass is 10.0. The minimum atomic E-state index is -0.332. The highest BCUT2D eigenvalue weighted by Crippen LogP contribution is 2.37. The first kappa shape index (κ1) is 30.0. The van der Waals surface area contributed by atoms with E-state index in [2.05, 4.69) is 88.3 Å². The summed E-state index contributed by atoms with van der Waals surface area (Å²) < 4.78 is 15.3. The van der Waals surface area contributed by atoms with Crippen molar-refractivity contribution < 1.29 is 4.39 Å². The van der Waals surface area contributed by atoms with Crippen molar-refractivity contribution >= 4 is 0 Å². The first-order valence-corrected chi connectivity index (χ1v) is 15.1. The van der Waals surface area contributed by atoms with E-state index in [9.17, 15) is 0 Å². The maximum Gasteiger partial charge on any atom is 0.159 e. The molecule has 9 heteroatoms. The summed E-state index contributed by atoms with van der Waals surface area (Å²) in [5, 5.41) is 0. The number of aromatic nitrogens is 6. The van der Waals surface area contributed by atoms with E-state index in [-0.39, 0.29) is 22.9 Å². The standard InChI is InChI=1S/C33H45FN8/c1-32(2,3)41(7)15-9-8-12-29-35-20-26(39-29)23-18-36-30(37-19-23)22-13-14-24(25(34)17-22)27-21-38-31(40-27)28-11-10-16-42(28)33(4,5)6/h13-14,17-21,28H,8-12,15-16H2,1-7H3,(H,35,39)(H,38,40)/t28-/m0/s1. The molecule has 1 aliphatic rings. The molecule has 0 spiro atoms. The normalized spacial score (nSPS) is 16.5. The zero-order chi connectivity index (χ0) is 30.1. The molecular weight excluding hydrogens is 527 g/mol. The monoisotopic (exact) mass is 572 g/mol. The van der Waals surface area contributed by atoms with Gasteiger partial charge in [-0.05, 0) is 99.5 Å². The van der Waals surface area contributed by atoms with Crippen molar-refractivity contribution in [3.8, 4) is 33.9 Å². The van der Waals surface area contributed by atoms with E-state index < -0.39 is 0 Å². The van der Waals surface area contributed by atoms with Gasteiger partial charge in [-0.3, -0.25) is 4.90 Å². The number of nitrogens with one attached hydrogen (secondary N) is 2. The molecule has 0 radical (unpaired) electrons. The number of halogens is 1. The molecule has 1 aliphatic heterocycles. The molecule has 3 aromatic heterocycles. The zero-order valence-corrected chi connectivity index (χ0v) is 26.1. The van der Waals surface area contributed by atoms with E-state index in [4.69, 9.17) is 0 Å². The SMILES string of the molecule is CN(CCCCc1ncc(-c2cnc(-c3ccc(-c4cnc([C@@H]5CCCN5C(C)(C)C)[nH]4)c(F)c3)nc2)[nH]1)C(C)(C)C. The van der Waals surface area contributed by atoms with Crippen LogP contribution < -0.4 is 0 Å². The van der Waals surface area contributed by atoms with E-state index >= 15 is 4.39 Å². The molecule has 0 saturated carbocycles. The molecule has 0 aliphatic carbocycles. The minimum Gasteiger partial charge on any atom is -0.342 e. The van der Waals surface area contributed by atoms with Gasteiger partial charge in [-0.25, -0.2) is 24.3 Å². The third-order valence-corrected chi connectivity index (χ3v) is 8.44. The van der Waals surface area contributed by atoms with E-state index in [1.54, 1.807) is 24.7 Å². The van der Waals surface area contributed by atoms with E-state index in [0.29, 0.717) is 22.6 Å². The van der Waals surface area contributed by atoms with Crippen LogP contribution in [0.3, 0.4) is 0 Å². The fourth-order valence-electron chi connectivity index (χ4n) is 5.60. The smallest absolute Gasteiger partial charge is 0.159 e. The van der Waals surface area contributed by atoms with Gasteiger partial charge in [0, 0.05) is 46.6 Å². The molecule has 8 nitrogen and oxygen atoms in total. The number of unbranched alkanes of at least 4 members (excludes halogenated alkanes) is 1. The van der Waals surface area contributed by atoms with E-state index in [1.807, 2.05) is 12.3 Å². The number of aromatic amines is 2. The number of imidazole rings is 2. The van der Waals surface area contributed by atoms with Crippen molar-refractivity contribution in [1.29, 1.82) is 0 Å². The lowest BCUT2D eigenvalue weighted by molar-refractivity contribution is 0.117. The molecule has 4 aromatic rings. The van der Waals surface area contributed by atoms with Crippen LogP contribution in [0.25, 0.3) is 33.9 Å². The van der Waals surface area contributed by atoms with Crippen LogP contribution in [-0.2, 0) is 6.42 Å². The van der Waals surface area contributed by atoms with Gasteiger partial charge in [0.25, 0.3) is 0 Å². The zero-order valence-electron chi connectivity index (χ0n) is 26.1. The number of H-pyrrole nitrogens is 2. The number of nitrogens with zero attached hydrogens (tertiary/aromatic N) is 6. The number of hydrogen-bond donors (Lipinski definition) is 2. The summed E-state index contributed by atoms with van der Waals surface area (Å²) >= 11 is 0. The van der Waals surface area contributed by atoms with Gasteiger partial charge in [0.2, 0.25) is 0 Å². The quantitative estimate of drug-likeness (QED) is 0.209. The topological polar surface area (TPSA) is 89.6 Å². The molecule has 4 heterocycles. The molecule has 1 atom stereocenters. The second-order valence-electron chi connectivity index (χ2n) is 13.5. The van der Waals surface area contributed by atoms with Gasteiger partial charge in [0.15, 0.2) is 5.82 Å². The van der Waals surface area contributed by atoms with Crippen molar-refractivity contribution in [1.82, 2.24) is 39.7 Å². The Kier molecular flexibility index (Phi) is 8.62. The molecule has 5 rings (SSSR count). The van der Waals surface area contributed by atoms with Gasteiger partial charge >= 0.3 is 0 Å². The number of rotatable bonds is 9. The Morgan fingerprint density at radius 2 is 1.64 bits per heavy atom. The van der Waals surface area contributed by atoms with Gasteiger partial charge < -0.3 is 14.9 Å². The maximum atomic E-state index is 15.3. The highest BCUT2D eigenvalue weighted by Gasteiger charge is 2.35. The summed E-state index contributed by atoms with van der Waals surface area (Å²) in [6, 6.07) is 5.35. The summed E-state index contributed by atoms with van der Waals surface area (Å²) in [5.74, 6) is 2.01. The first-order chi connectivity index (χ1) is 19.9. The van der Waals surface area contributed by atoms with Crippen LogP contribution in [-0.4, -0.2) is 70.9 Å². The van der Waals surface area contributed by atoms with Crippen molar-refractivity contribution in [3.63, 3.8) is 0 Å². The lowest BCUT2D eigenvalue weighted by Gasteiger charge is -2.36. The van der Waals surface area contributed by atoms with Crippen LogP contribution in [0.15, 0.2) is 43.0 Å². The number of hydrogen-bond acceptors (Lipinski definition) is 6. The maximum absolute atomic E-state index is 15.3. The lowest BCUT2D eigenvalue weighted by Crippen LogP contribution is -2.40. The summed E-state index contributed by atoms with van der Waals surface area (Å²) in [4.78, 5) is 29.9. The Balaban J connectivity index is 1.22. The molecule has 1 saturated heterocycles. The highest BCUT2D eigenvalue weighted by molar-refractivity contribution is 5.66. The summed E-state index contributed by atoms with van der Waals surface area (Å²) in [5.41, 5.74) is 3.77. The third kappa shape index (κ3) is 6.79. The van der Waals surface area contributed by atoms with E-state index in [1.165, 1.54) is 6.07 Å². The number of aryl methyl sites for hydroxylation is 1. The molecule has 1 fully saturated rings. The molecule has 2 N–H and O–H groups in total. The van der Waals surface area contributed by atoms with Crippen LogP contribution >= 0.6 is 0 Å². The second kappa shape index (κ2) is 12.1. The highest BCUT2D eigenvalue weighted by atomic mass is 19.1. The van der Waals surface area contributed by atoms with Crippen LogP contribution in [0.1, 0.15) is 84.9 Å². The molecule has 0 amide bonds. The van der Waals surface area contributed by atoms with Crippen molar-refractivity contribution in [2.45, 2.75) is 90.8 Å². The van der Waals surface area contributed by atoms with Crippen molar-refractivity contribution in [3.05, 3.63) is 60.5 Å². The van der Waals surface area contributed by atoms with Gasteiger partial charge in [-0.15, -0.1) is 0 Å². The predicted octanol–water partition coefficient (Wildman–Crippen LogP) is 7.05. The average molecular weight is 573 g/mol.